The quantitative estimate of drug-likeness (QED) is 0.222. The summed E-state index contributed by atoms with van der Waals surface area (Å²) in [7, 11) is -4.66. The topological polar surface area (TPSA) is 52.6 Å². The molecule has 1 unspecified atom stereocenters. The van der Waals surface area contributed by atoms with E-state index in [2.05, 4.69) is 4.74 Å². The maximum Gasteiger partial charge on any atom is 0.464 e. The van der Waals surface area contributed by atoms with Crippen molar-refractivity contribution >= 4 is 15.4 Å². The smallest absolute Gasteiger partial charge is 0.401 e. The van der Waals surface area contributed by atoms with E-state index < -0.39 is 51.8 Å². The molecule has 0 heterocycles. The van der Waals surface area contributed by atoms with Crippen molar-refractivity contribution in [1.82, 2.24) is 0 Å². The van der Waals surface area contributed by atoms with Gasteiger partial charge in [-0.05, 0) is 0 Å². The van der Waals surface area contributed by atoms with Gasteiger partial charge in [-0.25, -0.2) is 4.74 Å². The van der Waals surface area contributed by atoms with Crippen LogP contribution in [0.25, 0.3) is 0 Å². The highest BCUT2D eigenvalue weighted by atomic mass is 32.2. The van der Waals surface area contributed by atoms with Crippen LogP contribution in [0.1, 0.15) is 0 Å². The fraction of sp³-hybridized carbons (Fsp3) is 0.571. The molecule has 0 N–H and O–H groups in total. The Labute approximate surface area is 123 Å². The maximum atomic E-state index is 13.4. The van der Waals surface area contributed by atoms with Gasteiger partial charge >= 0.3 is 41.5 Å². The van der Waals surface area contributed by atoms with E-state index >= 15 is 0 Å². The van der Waals surface area contributed by atoms with Crippen LogP contribution in [0.3, 0.4) is 0 Å². The highest BCUT2D eigenvalue weighted by Crippen LogP contribution is 2.50. The molecule has 0 aliphatic heterocycles. The lowest BCUT2D eigenvalue weighted by atomic mass is 10.3. The molecule has 0 aromatic carbocycles. The highest BCUT2D eigenvalue weighted by Gasteiger charge is 2.78. The molecule has 4 nitrogen and oxygen atoms in total. The summed E-state index contributed by atoms with van der Waals surface area (Å²) in [5.41, 5.74) is 0. The largest absolute Gasteiger partial charge is 0.464 e. The lowest BCUT2D eigenvalue weighted by Gasteiger charge is -2.33. The molecule has 0 saturated heterocycles. The molecule has 0 radical (unpaired) electrons. The molecular weight excluding hydrogens is 408 g/mol. The van der Waals surface area contributed by atoms with Crippen LogP contribution in [0.2, 0.25) is 0 Å². The van der Waals surface area contributed by atoms with E-state index in [0.717, 1.165) is 0 Å². The minimum absolute atomic E-state index is 1.96. The molecule has 17 heteroatoms. The van der Waals surface area contributed by atoms with E-state index in [4.69, 9.17) is 0 Å². The summed E-state index contributed by atoms with van der Waals surface area (Å²) in [5, 5.41) is -3.84. The first-order valence-electron chi connectivity index (χ1n) is 4.62. The van der Waals surface area contributed by atoms with E-state index in [0.29, 0.717) is 0 Å². The van der Waals surface area contributed by atoms with Gasteiger partial charge < -0.3 is 4.74 Å². The van der Waals surface area contributed by atoms with Crippen LogP contribution >= 0.6 is 0 Å². The van der Waals surface area contributed by atoms with Crippen LogP contribution in [0.4, 0.5) is 52.7 Å². The first kappa shape index (κ1) is 22.3. The third kappa shape index (κ3) is 4.46. The van der Waals surface area contributed by atoms with Crippen LogP contribution in [-0.2, 0) is 19.8 Å². The Morgan fingerprint density at radius 1 is 0.792 bits per heavy atom. The molecule has 0 aromatic heterocycles. The van der Waals surface area contributed by atoms with Gasteiger partial charge in [0.25, 0.3) is 10.3 Å². The minimum atomic E-state index is -7.29. The molecule has 142 valence electrons. The van der Waals surface area contributed by atoms with Gasteiger partial charge in [0.2, 0.25) is 0 Å². The molecule has 24 heavy (non-hydrogen) atoms. The summed E-state index contributed by atoms with van der Waals surface area (Å²) < 4.78 is 172. The minimum Gasteiger partial charge on any atom is -0.401 e. The zero-order valence-corrected chi connectivity index (χ0v) is 10.9. The van der Waals surface area contributed by atoms with Crippen molar-refractivity contribution in [3.63, 3.8) is 0 Å². The monoisotopic (exact) mass is 408 g/mol. The molecule has 0 fully saturated rings. The SMILES string of the molecule is O=S(=O)=C(F)C(F)(F)OC(F)(OC(F)=C(F)F)C(F)(F)C(F)(F)F. The van der Waals surface area contributed by atoms with E-state index in [-0.39, 0.29) is 0 Å². The Morgan fingerprint density at radius 3 is 1.50 bits per heavy atom. The van der Waals surface area contributed by atoms with Crippen LogP contribution in [0.15, 0.2) is 12.1 Å². The third-order valence-corrected chi connectivity index (χ3v) is 2.27. The zero-order chi connectivity index (χ0) is 19.7. The Kier molecular flexibility index (Phi) is 6.23. The van der Waals surface area contributed by atoms with Crippen LogP contribution in [0.5, 0.6) is 0 Å². The standard InChI is InChI=1S/C7F12O4S/c8-1(9)2(10)22-7(19,5(14,15)6(16,17)18)23-4(12,13)3(11)24(20)21. The molecule has 0 bridgehead atoms. The maximum absolute atomic E-state index is 13.4. The molecule has 0 aromatic rings. The van der Waals surface area contributed by atoms with Crippen LogP contribution in [-0.4, -0.2) is 37.8 Å². The zero-order valence-electron chi connectivity index (χ0n) is 10.1. The molecule has 0 spiro atoms. The van der Waals surface area contributed by atoms with Crippen molar-refractivity contribution in [3.05, 3.63) is 12.1 Å². The number of halogens is 12. The van der Waals surface area contributed by atoms with Crippen molar-refractivity contribution in [1.29, 1.82) is 0 Å². The van der Waals surface area contributed by atoms with Crippen molar-refractivity contribution in [2.75, 3.05) is 0 Å². The van der Waals surface area contributed by atoms with Gasteiger partial charge in [-0.1, -0.05) is 0 Å². The molecular formula is C7F12O4S. The first-order valence-corrected chi connectivity index (χ1v) is 5.70. The Morgan fingerprint density at radius 2 is 1.21 bits per heavy atom. The second-order valence-electron chi connectivity index (χ2n) is 3.37. The summed E-state index contributed by atoms with van der Waals surface area (Å²) in [6.45, 7) is 0. The summed E-state index contributed by atoms with van der Waals surface area (Å²) >= 11 is 0. The fourth-order valence-electron chi connectivity index (χ4n) is 0.774. The normalized spacial score (nSPS) is 15.5. The van der Waals surface area contributed by atoms with E-state index in [1.807, 2.05) is 4.74 Å². The van der Waals surface area contributed by atoms with E-state index in [1.165, 1.54) is 0 Å². The van der Waals surface area contributed by atoms with Gasteiger partial charge in [-0.2, -0.15) is 61.1 Å². The molecule has 0 aliphatic carbocycles. The first-order chi connectivity index (χ1) is 10.4. The number of rotatable bonds is 6. The predicted molar refractivity (Wildman–Crippen MR) is 47.3 cm³/mol. The molecule has 0 saturated carbocycles. The number of hydrogen-bond acceptors (Lipinski definition) is 4. The highest BCUT2D eigenvalue weighted by molar-refractivity contribution is 7.72. The van der Waals surface area contributed by atoms with E-state index in [9.17, 15) is 61.1 Å². The Hall–Kier alpha value is -1.65. The lowest BCUT2D eigenvalue weighted by Crippen LogP contribution is -2.60. The second-order valence-corrected chi connectivity index (χ2v) is 4.20. The van der Waals surface area contributed by atoms with Crippen LogP contribution < -0.4 is 0 Å². The van der Waals surface area contributed by atoms with Gasteiger partial charge in [0.1, 0.15) is 0 Å². The number of ether oxygens (including phenoxy) is 2. The Bertz CT molecular complexity index is 637. The predicted octanol–water partition coefficient (Wildman–Crippen LogP) is 3.45. The molecule has 1 atom stereocenters. The van der Waals surface area contributed by atoms with Gasteiger partial charge in [0, 0.05) is 0 Å². The molecule has 0 aliphatic rings. The van der Waals surface area contributed by atoms with Crippen molar-refractivity contribution < 1.29 is 70.6 Å². The van der Waals surface area contributed by atoms with E-state index in [1.54, 1.807) is 0 Å². The summed E-state index contributed by atoms with van der Waals surface area (Å²) in [6.07, 6.45) is -17.5. The lowest BCUT2D eigenvalue weighted by molar-refractivity contribution is -0.489. The third-order valence-electron chi connectivity index (χ3n) is 1.74. The van der Waals surface area contributed by atoms with Crippen LogP contribution in [0, 0.1) is 0 Å². The number of alkyl halides is 8. The van der Waals surface area contributed by atoms with Gasteiger partial charge in [0.05, 0.1) is 0 Å². The fourth-order valence-corrected chi connectivity index (χ4v) is 1.01. The van der Waals surface area contributed by atoms with Crippen molar-refractivity contribution in [2.24, 2.45) is 0 Å². The van der Waals surface area contributed by atoms with Gasteiger partial charge in [-0.3, -0.25) is 0 Å². The van der Waals surface area contributed by atoms with Gasteiger partial charge in [-0.15, -0.1) is 0 Å². The Balaban J connectivity index is 6.30. The average molecular weight is 408 g/mol. The molecule has 0 rings (SSSR count). The van der Waals surface area contributed by atoms with Crippen molar-refractivity contribution in [2.45, 2.75) is 24.2 Å². The molecule has 0 amide bonds. The number of hydrogen-bond donors (Lipinski definition) is 0. The summed E-state index contributed by atoms with van der Waals surface area (Å²) in [4.78, 5) is 0. The average Bonchev–Trinajstić information content (AvgIpc) is 2.34. The van der Waals surface area contributed by atoms with Crippen molar-refractivity contribution in [3.8, 4) is 0 Å². The summed E-state index contributed by atoms with van der Waals surface area (Å²) in [6, 6.07) is -10.7. The second kappa shape index (κ2) is 6.69. The van der Waals surface area contributed by atoms with Gasteiger partial charge in [0.15, 0.2) is 0 Å². The summed E-state index contributed by atoms with van der Waals surface area (Å²) in [5.74, 6) is -7.29.